The summed E-state index contributed by atoms with van der Waals surface area (Å²) in [4.78, 5) is 18.3. The molecule has 3 aromatic carbocycles. The van der Waals surface area contributed by atoms with Gasteiger partial charge < -0.3 is 5.32 Å². The van der Waals surface area contributed by atoms with Crippen molar-refractivity contribution in [3.05, 3.63) is 82.9 Å². The molecule has 142 valence electrons. The van der Waals surface area contributed by atoms with Gasteiger partial charge in [0.05, 0.1) is 22.6 Å². The molecular formula is C24H25N3O. The van der Waals surface area contributed by atoms with Crippen molar-refractivity contribution >= 4 is 21.7 Å². The van der Waals surface area contributed by atoms with Gasteiger partial charge in [0, 0.05) is 0 Å². The second-order valence-electron chi connectivity index (χ2n) is 7.19. The average molecular weight is 371 g/mol. The van der Waals surface area contributed by atoms with E-state index in [4.69, 9.17) is 4.98 Å². The van der Waals surface area contributed by atoms with Gasteiger partial charge in [-0.1, -0.05) is 55.8 Å². The van der Waals surface area contributed by atoms with E-state index < -0.39 is 0 Å². The fourth-order valence-corrected chi connectivity index (χ4v) is 3.59. The van der Waals surface area contributed by atoms with Crippen LogP contribution in [0.5, 0.6) is 0 Å². The number of benzene rings is 3. The first-order valence-electron chi connectivity index (χ1n) is 9.93. The molecule has 4 heteroatoms. The molecule has 0 amide bonds. The van der Waals surface area contributed by atoms with E-state index in [1.807, 2.05) is 42.5 Å². The highest BCUT2D eigenvalue weighted by molar-refractivity contribution is 5.85. The number of unbranched alkanes of at least 4 members (excludes halogenated alkanes) is 1. The first-order valence-corrected chi connectivity index (χ1v) is 9.93. The monoisotopic (exact) mass is 371 g/mol. The van der Waals surface area contributed by atoms with Crippen LogP contribution in [0.4, 0.5) is 0 Å². The van der Waals surface area contributed by atoms with E-state index >= 15 is 0 Å². The van der Waals surface area contributed by atoms with Crippen molar-refractivity contribution in [2.24, 2.45) is 0 Å². The zero-order valence-corrected chi connectivity index (χ0v) is 16.4. The molecule has 28 heavy (non-hydrogen) atoms. The maximum atomic E-state index is 13.4. The molecule has 4 aromatic rings. The van der Waals surface area contributed by atoms with Crippen LogP contribution in [0, 0.1) is 0 Å². The number of aromatic nitrogens is 2. The molecule has 0 spiro atoms. The average Bonchev–Trinajstić information content (AvgIpc) is 2.73. The molecule has 0 bridgehead atoms. The van der Waals surface area contributed by atoms with E-state index in [1.165, 1.54) is 0 Å². The minimum absolute atomic E-state index is 0.0278. The Morgan fingerprint density at radius 2 is 1.75 bits per heavy atom. The van der Waals surface area contributed by atoms with Crippen LogP contribution in [0.2, 0.25) is 0 Å². The van der Waals surface area contributed by atoms with Crippen LogP contribution in [0.1, 0.15) is 38.6 Å². The molecule has 0 aliphatic rings. The molecule has 0 radical (unpaired) electrons. The van der Waals surface area contributed by atoms with E-state index in [9.17, 15) is 4.79 Å². The van der Waals surface area contributed by atoms with Gasteiger partial charge >= 0.3 is 0 Å². The summed E-state index contributed by atoms with van der Waals surface area (Å²) < 4.78 is 1.76. The van der Waals surface area contributed by atoms with Crippen molar-refractivity contribution in [1.82, 2.24) is 14.9 Å². The maximum absolute atomic E-state index is 13.4. The lowest BCUT2D eigenvalue weighted by molar-refractivity contribution is 0.520. The third-order valence-electron chi connectivity index (χ3n) is 5.16. The molecule has 4 nitrogen and oxygen atoms in total. The van der Waals surface area contributed by atoms with Crippen molar-refractivity contribution in [2.75, 3.05) is 6.54 Å². The summed E-state index contributed by atoms with van der Waals surface area (Å²) >= 11 is 0. The molecule has 1 N–H and O–H groups in total. The summed E-state index contributed by atoms with van der Waals surface area (Å²) in [6, 6.07) is 21.9. The highest BCUT2D eigenvalue weighted by Gasteiger charge is 2.17. The normalized spacial score (nSPS) is 12.5. The molecule has 0 saturated heterocycles. The Morgan fingerprint density at radius 1 is 1.00 bits per heavy atom. The topological polar surface area (TPSA) is 46.9 Å². The zero-order chi connectivity index (χ0) is 19.5. The summed E-state index contributed by atoms with van der Waals surface area (Å²) in [7, 11) is 0. The first kappa shape index (κ1) is 18.4. The summed E-state index contributed by atoms with van der Waals surface area (Å²) in [5.41, 5.74) is 1.56. The van der Waals surface area contributed by atoms with Crippen LogP contribution in [0.15, 0.2) is 71.5 Å². The molecule has 1 atom stereocenters. The Labute approximate surface area is 164 Å². The van der Waals surface area contributed by atoms with E-state index in [1.54, 1.807) is 4.57 Å². The predicted molar refractivity (Wildman–Crippen MR) is 116 cm³/mol. The maximum Gasteiger partial charge on any atom is 0.266 e. The first-order chi connectivity index (χ1) is 13.7. The highest BCUT2D eigenvalue weighted by Crippen LogP contribution is 2.22. The summed E-state index contributed by atoms with van der Waals surface area (Å²) in [5, 5.41) is 6.42. The third kappa shape index (κ3) is 3.43. The Balaban J connectivity index is 1.92. The zero-order valence-electron chi connectivity index (χ0n) is 16.4. The number of nitrogens with zero attached hydrogens (tertiary/aromatic N) is 2. The molecule has 0 unspecified atom stereocenters. The van der Waals surface area contributed by atoms with Crippen LogP contribution >= 0.6 is 0 Å². The predicted octanol–water partition coefficient (Wildman–Crippen LogP) is 4.99. The SMILES string of the molecule is CCCCN[C@H](C)c1nc2ccccc2c(=O)n1-c1ccc2ccccc2c1. The van der Waals surface area contributed by atoms with Gasteiger partial charge in [0.1, 0.15) is 5.82 Å². The highest BCUT2D eigenvalue weighted by atomic mass is 16.1. The molecule has 1 heterocycles. The number of para-hydroxylation sites is 1. The van der Waals surface area contributed by atoms with Gasteiger partial charge in [-0.25, -0.2) is 4.98 Å². The number of hydrogen-bond donors (Lipinski definition) is 1. The van der Waals surface area contributed by atoms with Gasteiger partial charge in [-0.2, -0.15) is 0 Å². The summed E-state index contributed by atoms with van der Waals surface area (Å²) in [6.07, 6.45) is 2.22. The standard InChI is InChI=1S/C24H25N3O/c1-3-4-15-25-17(2)23-26-22-12-8-7-11-21(22)24(28)27(23)20-14-13-18-9-5-6-10-19(18)16-20/h5-14,16-17,25H,3-4,15H2,1-2H3/t17-/m1/s1. The Hall–Kier alpha value is -2.98. The van der Waals surface area contributed by atoms with Crippen molar-refractivity contribution in [2.45, 2.75) is 32.7 Å². The molecular weight excluding hydrogens is 346 g/mol. The lowest BCUT2D eigenvalue weighted by atomic mass is 10.1. The molecule has 0 saturated carbocycles. The van der Waals surface area contributed by atoms with Crippen LogP contribution < -0.4 is 10.9 Å². The van der Waals surface area contributed by atoms with Gasteiger partial charge in [0.25, 0.3) is 5.56 Å². The number of hydrogen-bond acceptors (Lipinski definition) is 3. The minimum Gasteiger partial charge on any atom is -0.308 e. The van der Waals surface area contributed by atoms with Crippen molar-refractivity contribution in [3.8, 4) is 5.69 Å². The molecule has 0 aliphatic carbocycles. The summed E-state index contributed by atoms with van der Waals surface area (Å²) in [5.74, 6) is 0.745. The van der Waals surface area contributed by atoms with Gasteiger partial charge in [0.15, 0.2) is 0 Å². The lowest BCUT2D eigenvalue weighted by Crippen LogP contribution is -2.30. The number of rotatable bonds is 6. The Bertz CT molecular complexity index is 1180. The van der Waals surface area contributed by atoms with Crippen molar-refractivity contribution in [3.63, 3.8) is 0 Å². The van der Waals surface area contributed by atoms with Gasteiger partial charge in [-0.05, 0) is 54.9 Å². The van der Waals surface area contributed by atoms with Crippen LogP contribution in [-0.4, -0.2) is 16.1 Å². The largest absolute Gasteiger partial charge is 0.308 e. The van der Waals surface area contributed by atoms with Gasteiger partial charge in [-0.15, -0.1) is 0 Å². The Kier molecular flexibility index (Phi) is 5.22. The van der Waals surface area contributed by atoms with Crippen molar-refractivity contribution in [1.29, 1.82) is 0 Å². The lowest BCUT2D eigenvalue weighted by Gasteiger charge is -2.20. The number of fused-ring (bicyclic) bond motifs is 2. The fourth-order valence-electron chi connectivity index (χ4n) is 3.59. The molecule has 0 aliphatic heterocycles. The third-order valence-corrected chi connectivity index (χ3v) is 5.16. The van der Waals surface area contributed by atoms with E-state index in [-0.39, 0.29) is 11.6 Å². The second-order valence-corrected chi connectivity index (χ2v) is 7.19. The fraction of sp³-hybridized carbons (Fsp3) is 0.250. The second kappa shape index (κ2) is 7.95. The van der Waals surface area contributed by atoms with E-state index in [0.29, 0.717) is 5.39 Å². The molecule has 4 rings (SSSR count). The minimum atomic E-state index is -0.0321. The van der Waals surface area contributed by atoms with E-state index in [2.05, 4.69) is 43.4 Å². The van der Waals surface area contributed by atoms with Crippen LogP contribution in [0.25, 0.3) is 27.4 Å². The molecule has 1 aromatic heterocycles. The smallest absolute Gasteiger partial charge is 0.266 e. The van der Waals surface area contributed by atoms with Gasteiger partial charge in [-0.3, -0.25) is 9.36 Å². The van der Waals surface area contributed by atoms with Crippen LogP contribution in [0.3, 0.4) is 0 Å². The number of nitrogens with one attached hydrogen (secondary N) is 1. The van der Waals surface area contributed by atoms with E-state index in [0.717, 1.165) is 47.2 Å². The van der Waals surface area contributed by atoms with Gasteiger partial charge in [0.2, 0.25) is 0 Å². The Morgan fingerprint density at radius 3 is 2.57 bits per heavy atom. The summed E-state index contributed by atoms with van der Waals surface area (Å²) in [6.45, 7) is 5.15. The quantitative estimate of drug-likeness (QED) is 0.486. The molecule has 0 fully saturated rings. The van der Waals surface area contributed by atoms with Crippen molar-refractivity contribution < 1.29 is 0 Å². The van der Waals surface area contributed by atoms with Crippen LogP contribution in [-0.2, 0) is 0 Å².